The van der Waals surface area contributed by atoms with Gasteiger partial charge in [-0.1, -0.05) is 23.7 Å². The predicted octanol–water partition coefficient (Wildman–Crippen LogP) is 4.04. The first-order chi connectivity index (χ1) is 12.0. The zero-order valence-electron chi connectivity index (χ0n) is 13.9. The summed E-state index contributed by atoms with van der Waals surface area (Å²) < 4.78 is 11.8. The Morgan fingerprint density at radius 2 is 2.04 bits per heavy atom. The molecule has 0 saturated carbocycles. The van der Waals surface area contributed by atoms with E-state index >= 15 is 0 Å². The average molecular weight is 473 g/mol. The maximum Gasteiger partial charge on any atom is 0.244 e. The lowest BCUT2D eigenvalue weighted by atomic mass is 10.1. The van der Waals surface area contributed by atoms with E-state index in [1.807, 2.05) is 31.2 Å². The second-order valence-corrected chi connectivity index (χ2v) is 6.66. The van der Waals surface area contributed by atoms with Crippen LogP contribution in [0.2, 0.25) is 5.02 Å². The van der Waals surface area contributed by atoms with Gasteiger partial charge >= 0.3 is 0 Å². The molecule has 0 fully saturated rings. The molecule has 2 rings (SSSR count). The Morgan fingerprint density at radius 1 is 1.32 bits per heavy atom. The molecular formula is C18H18ClIN2O3. The van der Waals surface area contributed by atoms with E-state index in [0.717, 1.165) is 14.7 Å². The third kappa shape index (κ3) is 5.89. The first kappa shape index (κ1) is 19.5. The minimum Gasteiger partial charge on any atom is -0.492 e. The number of methoxy groups -OCH3 is 1. The number of carbonyl (C=O) groups is 1. The number of ether oxygens (including phenoxy) is 2. The molecule has 0 aliphatic carbocycles. The summed E-state index contributed by atoms with van der Waals surface area (Å²) in [7, 11) is 1.60. The normalized spacial score (nSPS) is 10.7. The molecule has 0 bridgehead atoms. The van der Waals surface area contributed by atoms with Crippen molar-refractivity contribution in [2.45, 2.75) is 13.3 Å². The van der Waals surface area contributed by atoms with Crippen LogP contribution in [0.4, 0.5) is 0 Å². The van der Waals surface area contributed by atoms with Crippen molar-refractivity contribution in [2.75, 3.05) is 13.7 Å². The molecule has 0 unspecified atom stereocenters. The van der Waals surface area contributed by atoms with Gasteiger partial charge in [-0.2, -0.15) is 5.10 Å². The Bertz CT molecular complexity index is 764. The lowest BCUT2D eigenvalue weighted by molar-refractivity contribution is -0.120. The van der Waals surface area contributed by atoms with E-state index < -0.39 is 0 Å². The van der Waals surface area contributed by atoms with Gasteiger partial charge < -0.3 is 9.47 Å². The van der Waals surface area contributed by atoms with Crippen molar-refractivity contribution in [3.8, 4) is 11.5 Å². The number of halogens is 2. The molecule has 2 aromatic carbocycles. The Morgan fingerprint density at radius 3 is 2.68 bits per heavy atom. The van der Waals surface area contributed by atoms with Crippen LogP contribution in [0.25, 0.3) is 0 Å². The summed E-state index contributed by atoms with van der Waals surface area (Å²) in [5.74, 6) is 1.13. The first-order valence-corrected chi connectivity index (χ1v) is 9.05. The Labute approximate surface area is 165 Å². The van der Waals surface area contributed by atoms with Gasteiger partial charge in [-0.25, -0.2) is 5.43 Å². The monoisotopic (exact) mass is 472 g/mol. The highest BCUT2D eigenvalue weighted by Crippen LogP contribution is 2.33. The molecule has 2 aromatic rings. The lowest BCUT2D eigenvalue weighted by Gasteiger charge is -2.11. The molecule has 1 amide bonds. The number of benzene rings is 2. The summed E-state index contributed by atoms with van der Waals surface area (Å²) in [5.41, 5.74) is 4.19. The highest BCUT2D eigenvalue weighted by Gasteiger charge is 2.10. The highest BCUT2D eigenvalue weighted by molar-refractivity contribution is 14.1. The molecule has 0 aliphatic rings. The molecule has 132 valence electrons. The molecule has 0 saturated heterocycles. The molecule has 5 nitrogen and oxygen atoms in total. The van der Waals surface area contributed by atoms with Gasteiger partial charge in [0.05, 0.1) is 29.9 Å². The van der Waals surface area contributed by atoms with E-state index in [-0.39, 0.29) is 12.3 Å². The predicted molar refractivity (Wildman–Crippen MR) is 108 cm³/mol. The minimum absolute atomic E-state index is 0.202. The van der Waals surface area contributed by atoms with Crippen molar-refractivity contribution < 1.29 is 14.3 Å². The van der Waals surface area contributed by atoms with Crippen LogP contribution in [0.15, 0.2) is 41.5 Å². The maximum absolute atomic E-state index is 11.9. The summed E-state index contributed by atoms with van der Waals surface area (Å²) in [5, 5.41) is 4.64. The van der Waals surface area contributed by atoms with Crippen LogP contribution in [-0.4, -0.2) is 25.8 Å². The van der Waals surface area contributed by atoms with Crippen molar-refractivity contribution in [3.05, 3.63) is 56.1 Å². The number of hydrogen-bond acceptors (Lipinski definition) is 4. The van der Waals surface area contributed by atoms with Crippen LogP contribution < -0.4 is 14.9 Å². The molecule has 0 radical (unpaired) electrons. The molecule has 0 spiro atoms. The first-order valence-electron chi connectivity index (χ1n) is 7.60. The molecule has 1 N–H and O–H groups in total. The quantitative estimate of drug-likeness (QED) is 0.376. The Hall–Kier alpha value is -1.80. The topological polar surface area (TPSA) is 59.9 Å². The van der Waals surface area contributed by atoms with Crippen LogP contribution in [0.1, 0.15) is 18.1 Å². The summed E-state index contributed by atoms with van der Waals surface area (Å²) in [6.45, 7) is 2.44. The van der Waals surface area contributed by atoms with Crippen LogP contribution in [-0.2, 0) is 11.2 Å². The average Bonchev–Trinajstić information content (AvgIpc) is 2.57. The van der Waals surface area contributed by atoms with E-state index in [1.54, 1.807) is 25.5 Å². The molecule has 25 heavy (non-hydrogen) atoms. The fraction of sp³-hybridized carbons (Fsp3) is 0.222. The summed E-state index contributed by atoms with van der Waals surface area (Å²) >= 11 is 7.99. The van der Waals surface area contributed by atoms with E-state index in [0.29, 0.717) is 23.1 Å². The fourth-order valence-corrected chi connectivity index (χ4v) is 3.10. The lowest BCUT2D eigenvalue weighted by Crippen LogP contribution is -2.19. The number of nitrogens with one attached hydrogen (secondary N) is 1. The second kappa shape index (κ2) is 9.62. The van der Waals surface area contributed by atoms with Crippen molar-refractivity contribution >= 4 is 46.3 Å². The summed E-state index contributed by atoms with van der Waals surface area (Å²) in [6, 6.07) is 10.8. The van der Waals surface area contributed by atoms with Crippen molar-refractivity contribution in [1.82, 2.24) is 5.43 Å². The third-order valence-corrected chi connectivity index (χ3v) is 4.27. The van der Waals surface area contributed by atoms with Crippen molar-refractivity contribution in [3.63, 3.8) is 0 Å². The number of nitrogens with zero attached hydrogens (tertiary/aromatic N) is 1. The van der Waals surface area contributed by atoms with E-state index in [1.165, 1.54) is 0 Å². The van der Waals surface area contributed by atoms with Gasteiger partial charge in [0, 0.05) is 5.02 Å². The van der Waals surface area contributed by atoms with Crippen LogP contribution >= 0.6 is 34.2 Å². The van der Waals surface area contributed by atoms with Gasteiger partial charge in [-0.05, 0) is 64.9 Å². The third-order valence-electron chi connectivity index (χ3n) is 3.22. The molecule has 0 aromatic heterocycles. The molecule has 7 heteroatoms. The minimum atomic E-state index is -0.202. The Balaban J connectivity index is 2.01. The largest absolute Gasteiger partial charge is 0.492 e. The van der Waals surface area contributed by atoms with Gasteiger partial charge in [-0.3, -0.25) is 4.79 Å². The zero-order valence-corrected chi connectivity index (χ0v) is 16.8. The number of rotatable bonds is 7. The smallest absolute Gasteiger partial charge is 0.244 e. The Kier molecular flexibility index (Phi) is 7.52. The zero-order chi connectivity index (χ0) is 18.2. The number of amides is 1. The van der Waals surface area contributed by atoms with E-state index in [9.17, 15) is 4.79 Å². The van der Waals surface area contributed by atoms with Crippen LogP contribution in [0, 0.1) is 3.57 Å². The fourth-order valence-electron chi connectivity index (χ4n) is 2.13. The highest BCUT2D eigenvalue weighted by atomic mass is 127. The van der Waals surface area contributed by atoms with Crippen molar-refractivity contribution in [2.24, 2.45) is 5.10 Å². The molecular weight excluding hydrogens is 455 g/mol. The SMILES string of the molecule is CCOc1cc(/C=N\NC(=O)Cc2ccc(Cl)cc2)cc(I)c1OC. The van der Waals surface area contributed by atoms with Gasteiger partial charge in [0.2, 0.25) is 5.91 Å². The maximum atomic E-state index is 11.9. The molecule has 0 heterocycles. The number of hydrazone groups is 1. The van der Waals surface area contributed by atoms with Crippen LogP contribution in [0.3, 0.4) is 0 Å². The standard InChI is InChI=1S/C18H18ClIN2O3/c1-3-25-16-9-13(8-15(20)18(16)24-2)11-21-22-17(23)10-12-4-6-14(19)7-5-12/h4-9,11H,3,10H2,1-2H3,(H,22,23)/b21-11-. The van der Waals surface area contributed by atoms with Gasteiger partial charge in [-0.15, -0.1) is 0 Å². The van der Waals surface area contributed by atoms with Crippen LogP contribution in [0.5, 0.6) is 11.5 Å². The van der Waals surface area contributed by atoms with Crippen molar-refractivity contribution in [1.29, 1.82) is 0 Å². The second-order valence-electron chi connectivity index (χ2n) is 5.06. The van der Waals surface area contributed by atoms with E-state index in [4.69, 9.17) is 21.1 Å². The van der Waals surface area contributed by atoms with Gasteiger partial charge in [0.15, 0.2) is 11.5 Å². The number of carbonyl (C=O) groups excluding carboxylic acids is 1. The van der Waals surface area contributed by atoms with Gasteiger partial charge in [0.25, 0.3) is 0 Å². The molecule has 0 atom stereocenters. The summed E-state index contributed by atoms with van der Waals surface area (Å²) in [4.78, 5) is 11.9. The number of hydrogen-bond donors (Lipinski definition) is 1. The summed E-state index contributed by atoms with van der Waals surface area (Å²) in [6.07, 6.45) is 1.81. The van der Waals surface area contributed by atoms with Gasteiger partial charge in [0.1, 0.15) is 0 Å². The van der Waals surface area contributed by atoms with E-state index in [2.05, 4.69) is 33.1 Å². The molecule has 0 aliphatic heterocycles.